The first-order chi connectivity index (χ1) is 9.80. The van der Waals surface area contributed by atoms with Gasteiger partial charge in [0.2, 0.25) is 0 Å². The molecule has 2 heterocycles. The Morgan fingerprint density at radius 3 is 2.80 bits per heavy atom. The smallest absolute Gasteiger partial charge is 0.0481 e. The van der Waals surface area contributed by atoms with E-state index >= 15 is 0 Å². The minimum absolute atomic E-state index is 0.634. The molecule has 0 saturated carbocycles. The highest BCUT2D eigenvalue weighted by Crippen LogP contribution is 2.38. The van der Waals surface area contributed by atoms with Crippen LogP contribution in [-0.2, 0) is 6.42 Å². The average Bonchev–Trinajstić information content (AvgIpc) is 2.84. The number of thiophene rings is 1. The molecule has 1 saturated heterocycles. The van der Waals surface area contributed by atoms with Crippen LogP contribution in [0.3, 0.4) is 0 Å². The zero-order valence-corrected chi connectivity index (χ0v) is 14.1. The van der Waals surface area contributed by atoms with Crippen LogP contribution in [0.15, 0.2) is 12.1 Å². The first-order valence-electron chi connectivity index (χ1n) is 8.27. The maximum atomic E-state index is 3.43. The van der Waals surface area contributed by atoms with Crippen LogP contribution in [0.1, 0.15) is 55.3 Å². The van der Waals surface area contributed by atoms with Gasteiger partial charge < -0.3 is 5.32 Å². The van der Waals surface area contributed by atoms with Gasteiger partial charge in [0.25, 0.3) is 0 Å². The fraction of sp³-hybridized carbons (Fsp3) is 0.765. The van der Waals surface area contributed by atoms with Crippen LogP contribution in [0.5, 0.6) is 0 Å². The van der Waals surface area contributed by atoms with E-state index in [2.05, 4.69) is 43.2 Å². The lowest BCUT2D eigenvalue weighted by Gasteiger charge is -2.34. The minimum Gasteiger partial charge on any atom is -0.319 e. The Labute approximate surface area is 128 Å². The highest BCUT2D eigenvalue weighted by molar-refractivity contribution is 7.12. The Bertz CT molecular complexity index is 372. The van der Waals surface area contributed by atoms with Gasteiger partial charge >= 0.3 is 0 Å². The summed E-state index contributed by atoms with van der Waals surface area (Å²) in [6.07, 6.45) is 6.54. The quantitative estimate of drug-likeness (QED) is 0.850. The molecule has 2 unspecified atom stereocenters. The van der Waals surface area contributed by atoms with Crippen LogP contribution in [0.2, 0.25) is 0 Å². The van der Waals surface area contributed by atoms with Crippen molar-refractivity contribution >= 4 is 11.3 Å². The maximum absolute atomic E-state index is 3.43. The zero-order chi connectivity index (χ0) is 14.4. The molecule has 1 fully saturated rings. The monoisotopic (exact) mass is 294 g/mol. The molecule has 2 atom stereocenters. The Balaban J connectivity index is 2.25. The van der Waals surface area contributed by atoms with Crippen molar-refractivity contribution < 1.29 is 0 Å². The first kappa shape index (κ1) is 16.0. The molecule has 1 aliphatic heterocycles. The second-order valence-corrected chi connectivity index (χ2v) is 7.15. The predicted molar refractivity (Wildman–Crippen MR) is 89.6 cm³/mol. The van der Waals surface area contributed by atoms with Crippen molar-refractivity contribution in [2.45, 2.75) is 52.0 Å². The van der Waals surface area contributed by atoms with Crippen LogP contribution in [0, 0.1) is 5.92 Å². The lowest BCUT2D eigenvalue weighted by molar-refractivity contribution is 0.157. The molecule has 0 spiro atoms. The van der Waals surface area contributed by atoms with Gasteiger partial charge in [0, 0.05) is 15.8 Å². The number of hydrogen-bond donors (Lipinski definition) is 1. The summed E-state index contributed by atoms with van der Waals surface area (Å²) in [5.41, 5.74) is 0. The fourth-order valence-corrected chi connectivity index (χ4v) is 4.67. The summed E-state index contributed by atoms with van der Waals surface area (Å²) < 4.78 is 0. The molecule has 2 nitrogen and oxygen atoms in total. The molecular formula is C17H30N2S. The van der Waals surface area contributed by atoms with Crippen LogP contribution in [-0.4, -0.2) is 31.6 Å². The van der Waals surface area contributed by atoms with E-state index < -0.39 is 0 Å². The molecule has 0 amide bonds. The average molecular weight is 295 g/mol. The summed E-state index contributed by atoms with van der Waals surface area (Å²) in [4.78, 5) is 5.88. The number of nitrogens with one attached hydrogen (secondary N) is 1. The largest absolute Gasteiger partial charge is 0.319 e. The van der Waals surface area contributed by atoms with Gasteiger partial charge in [0.05, 0.1) is 0 Å². The van der Waals surface area contributed by atoms with Crippen molar-refractivity contribution in [2.24, 2.45) is 5.92 Å². The van der Waals surface area contributed by atoms with E-state index in [1.165, 1.54) is 50.1 Å². The van der Waals surface area contributed by atoms with E-state index in [-0.39, 0.29) is 0 Å². The molecule has 0 aromatic carbocycles. The van der Waals surface area contributed by atoms with E-state index in [0.29, 0.717) is 6.04 Å². The normalized spacial score (nSPS) is 24.8. The predicted octanol–water partition coefficient (Wildman–Crippen LogP) is 4.08. The number of rotatable bonds is 6. The van der Waals surface area contributed by atoms with E-state index in [0.717, 1.165) is 12.5 Å². The third kappa shape index (κ3) is 3.84. The van der Waals surface area contributed by atoms with Gasteiger partial charge in [-0.15, -0.1) is 11.3 Å². The SMILES string of the molecule is CCCN1CCCCC(CNC)C1c1ccc(CC)s1. The van der Waals surface area contributed by atoms with Gasteiger partial charge in [-0.3, -0.25) is 4.90 Å². The van der Waals surface area contributed by atoms with Crippen molar-refractivity contribution in [3.05, 3.63) is 21.9 Å². The van der Waals surface area contributed by atoms with Crippen molar-refractivity contribution in [3.8, 4) is 0 Å². The summed E-state index contributed by atoms with van der Waals surface area (Å²) >= 11 is 2.04. The summed E-state index contributed by atoms with van der Waals surface area (Å²) in [5.74, 6) is 0.761. The molecule has 0 radical (unpaired) electrons. The second-order valence-electron chi connectivity index (χ2n) is 5.95. The zero-order valence-electron chi connectivity index (χ0n) is 13.3. The van der Waals surface area contributed by atoms with Gasteiger partial charge in [-0.1, -0.05) is 20.3 Å². The van der Waals surface area contributed by atoms with Crippen molar-refractivity contribution in [3.63, 3.8) is 0 Å². The molecule has 0 aliphatic carbocycles. The standard InChI is InChI=1S/C17H30N2S/c1-4-11-19-12-7-6-8-14(13-18-3)17(19)16-10-9-15(5-2)20-16/h9-10,14,17-18H,4-8,11-13H2,1-3H3. The Hall–Kier alpha value is -0.380. The van der Waals surface area contributed by atoms with Crippen LogP contribution >= 0.6 is 11.3 Å². The van der Waals surface area contributed by atoms with Gasteiger partial charge in [0.15, 0.2) is 0 Å². The van der Waals surface area contributed by atoms with E-state index in [1.807, 2.05) is 11.3 Å². The minimum atomic E-state index is 0.634. The van der Waals surface area contributed by atoms with Crippen molar-refractivity contribution in [1.29, 1.82) is 0 Å². The number of nitrogens with zero attached hydrogens (tertiary/aromatic N) is 1. The first-order valence-corrected chi connectivity index (χ1v) is 9.09. The molecule has 1 N–H and O–H groups in total. The molecule has 3 heteroatoms. The van der Waals surface area contributed by atoms with Crippen LogP contribution in [0.25, 0.3) is 0 Å². The van der Waals surface area contributed by atoms with Crippen LogP contribution < -0.4 is 5.32 Å². The third-order valence-electron chi connectivity index (χ3n) is 4.41. The molecule has 2 rings (SSSR count). The number of hydrogen-bond acceptors (Lipinski definition) is 3. The van der Waals surface area contributed by atoms with E-state index in [4.69, 9.17) is 0 Å². The summed E-state index contributed by atoms with van der Waals surface area (Å²) in [5, 5.41) is 3.43. The Kier molecular flexibility index (Phi) is 6.53. The summed E-state index contributed by atoms with van der Waals surface area (Å²) in [7, 11) is 2.10. The van der Waals surface area contributed by atoms with E-state index in [1.54, 1.807) is 4.88 Å². The van der Waals surface area contributed by atoms with Gasteiger partial charge in [-0.25, -0.2) is 0 Å². The fourth-order valence-electron chi connectivity index (χ4n) is 3.49. The molecule has 1 aliphatic rings. The highest BCUT2D eigenvalue weighted by Gasteiger charge is 2.31. The third-order valence-corrected chi connectivity index (χ3v) is 5.71. The molecule has 20 heavy (non-hydrogen) atoms. The lowest BCUT2D eigenvalue weighted by atomic mass is 9.93. The summed E-state index contributed by atoms with van der Waals surface area (Å²) in [6.45, 7) is 8.23. The lowest BCUT2D eigenvalue weighted by Crippen LogP contribution is -2.36. The van der Waals surface area contributed by atoms with E-state index in [9.17, 15) is 0 Å². The molecule has 1 aromatic rings. The Morgan fingerprint density at radius 1 is 1.30 bits per heavy atom. The molecule has 1 aromatic heterocycles. The molecule has 0 bridgehead atoms. The Morgan fingerprint density at radius 2 is 2.15 bits per heavy atom. The number of aryl methyl sites for hydroxylation is 1. The second kappa shape index (κ2) is 8.16. The molecule has 114 valence electrons. The van der Waals surface area contributed by atoms with Gasteiger partial charge in [-0.2, -0.15) is 0 Å². The highest BCUT2D eigenvalue weighted by atomic mass is 32.1. The molecular weight excluding hydrogens is 264 g/mol. The number of likely N-dealkylation sites (tertiary alicyclic amines) is 1. The topological polar surface area (TPSA) is 15.3 Å². The summed E-state index contributed by atoms with van der Waals surface area (Å²) in [6, 6.07) is 5.37. The van der Waals surface area contributed by atoms with Gasteiger partial charge in [0.1, 0.15) is 0 Å². The van der Waals surface area contributed by atoms with Crippen LogP contribution in [0.4, 0.5) is 0 Å². The van der Waals surface area contributed by atoms with Crippen molar-refractivity contribution in [2.75, 3.05) is 26.7 Å². The van der Waals surface area contributed by atoms with Crippen molar-refractivity contribution in [1.82, 2.24) is 10.2 Å². The maximum Gasteiger partial charge on any atom is 0.0481 e. The van der Waals surface area contributed by atoms with Gasteiger partial charge in [-0.05, 0) is 70.4 Å².